The molecule has 3 rings (SSSR count). The maximum Gasteiger partial charge on any atom is 0.169 e. The summed E-state index contributed by atoms with van der Waals surface area (Å²) < 4.78 is 12.9. The Morgan fingerprint density at radius 2 is 2.11 bits per heavy atom. The second-order valence-corrected chi connectivity index (χ2v) is 4.86. The standard InChI is InChI=1S/C13H14ClN3O2/c1-7-9(14)5-10-12(19-4-3-18-10)11(7)8-6-16-17(2)13(8)15/h5-6H,3-4,15H2,1-2H3. The van der Waals surface area contributed by atoms with Gasteiger partial charge in [-0.1, -0.05) is 11.6 Å². The van der Waals surface area contributed by atoms with Crippen molar-refractivity contribution in [1.82, 2.24) is 9.78 Å². The van der Waals surface area contributed by atoms with Gasteiger partial charge in [0, 0.05) is 29.3 Å². The van der Waals surface area contributed by atoms with Crippen LogP contribution in [0.2, 0.25) is 5.02 Å². The van der Waals surface area contributed by atoms with Crippen molar-refractivity contribution < 1.29 is 9.47 Å². The van der Waals surface area contributed by atoms with E-state index in [-0.39, 0.29) is 0 Å². The van der Waals surface area contributed by atoms with Crippen LogP contribution in [-0.2, 0) is 7.05 Å². The Hall–Kier alpha value is -1.88. The Morgan fingerprint density at radius 3 is 2.79 bits per heavy atom. The van der Waals surface area contributed by atoms with Gasteiger partial charge in [0.25, 0.3) is 0 Å². The summed E-state index contributed by atoms with van der Waals surface area (Å²) in [6, 6.07) is 1.78. The highest BCUT2D eigenvalue weighted by Crippen LogP contribution is 2.46. The molecular weight excluding hydrogens is 266 g/mol. The minimum atomic E-state index is 0.515. The maximum absolute atomic E-state index is 6.26. The Labute approximate surface area is 115 Å². The first kappa shape index (κ1) is 12.2. The third-order valence-electron chi connectivity index (χ3n) is 3.28. The first-order valence-corrected chi connectivity index (χ1v) is 6.34. The summed E-state index contributed by atoms with van der Waals surface area (Å²) >= 11 is 6.26. The van der Waals surface area contributed by atoms with Crippen LogP contribution in [0.4, 0.5) is 5.82 Å². The Balaban J connectivity index is 2.30. The van der Waals surface area contributed by atoms with Crippen molar-refractivity contribution in [3.05, 3.63) is 22.8 Å². The molecule has 0 saturated heterocycles. The molecule has 6 heteroatoms. The second-order valence-electron chi connectivity index (χ2n) is 4.45. The monoisotopic (exact) mass is 279 g/mol. The molecule has 0 aliphatic carbocycles. The van der Waals surface area contributed by atoms with Gasteiger partial charge >= 0.3 is 0 Å². The maximum atomic E-state index is 6.26. The van der Waals surface area contributed by atoms with Crippen LogP contribution < -0.4 is 15.2 Å². The van der Waals surface area contributed by atoms with Gasteiger partial charge in [0.05, 0.1) is 6.20 Å². The van der Waals surface area contributed by atoms with Gasteiger partial charge in [-0.15, -0.1) is 0 Å². The van der Waals surface area contributed by atoms with Crippen molar-refractivity contribution in [3.8, 4) is 22.6 Å². The minimum absolute atomic E-state index is 0.515. The van der Waals surface area contributed by atoms with E-state index in [9.17, 15) is 0 Å². The fourth-order valence-corrected chi connectivity index (χ4v) is 2.41. The molecule has 1 aromatic carbocycles. The van der Waals surface area contributed by atoms with Crippen LogP contribution in [0.15, 0.2) is 12.3 Å². The third-order valence-corrected chi connectivity index (χ3v) is 3.68. The van der Waals surface area contributed by atoms with Crippen LogP contribution >= 0.6 is 11.6 Å². The molecule has 1 aliphatic rings. The van der Waals surface area contributed by atoms with Crippen molar-refractivity contribution in [1.29, 1.82) is 0 Å². The molecular formula is C13H14ClN3O2. The summed E-state index contributed by atoms with van der Waals surface area (Å²) in [5, 5.41) is 4.79. The van der Waals surface area contributed by atoms with Crippen LogP contribution in [0.5, 0.6) is 11.5 Å². The largest absolute Gasteiger partial charge is 0.486 e. The lowest BCUT2D eigenvalue weighted by Crippen LogP contribution is -2.16. The molecule has 0 unspecified atom stereocenters. The molecule has 2 N–H and O–H groups in total. The fourth-order valence-electron chi connectivity index (χ4n) is 2.21. The van der Waals surface area contributed by atoms with Crippen LogP contribution in [-0.4, -0.2) is 23.0 Å². The van der Waals surface area contributed by atoms with Gasteiger partial charge in [-0.05, 0) is 12.5 Å². The highest BCUT2D eigenvalue weighted by Gasteiger charge is 2.24. The van der Waals surface area contributed by atoms with Crippen molar-refractivity contribution in [2.24, 2.45) is 7.05 Å². The molecule has 0 bridgehead atoms. The minimum Gasteiger partial charge on any atom is -0.486 e. The highest BCUT2D eigenvalue weighted by molar-refractivity contribution is 6.32. The van der Waals surface area contributed by atoms with Crippen LogP contribution in [0.1, 0.15) is 5.56 Å². The number of ether oxygens (including phenoxy) is 2. The zero-order chi connectivity index (χ0) is 13.6. The number of nitrogen functional groups attached to an aromatic ring is 1. The van der Waals surface area contributed by atoms with E-state index in [2.05, 4.69) is 5.10 Å². The van der Waals surface area contributed by atoms with Gasteiger partial charge in [0.1, 0.15) is 19.0 Å². The molecule has 0 spiro atoms. The number of hydrogen-bond donors (Lipinski definition) is 1. The normalized spacial score (nSPS) is 13.6. The van der Waals surface area contributed by atoms with E-state index in [1.165, 1.54) is 0 Å². The van der Waals surface area contributed by atoms with Crippen molar-refractivity contribution in [3.63, 3.8) is 0 Å². The number of halogens is 1. The van der Waals surface area contributed by atoms with Crippen LogP contribution in [0.3, 0.4) is 0 Å². The molecule has 0 atom stereocenters. The molecule has 2 heterocycles. The number of hydrogen-bond acceptors (Lipinski definition) is 4. The van der Waals surface area contributed by atoms with Gasteiger partial charge in [-0.2, -0.15) is 5.10 Å². The summed E-state index contributed by atoms with van der Waals surface area (Å²) in [4.78, 5) is 0. The second kappa shape index (κ2) is 4.35. The first-order chi connectivity index (χ1) is 9.09. The molecule has 0 fully saturated rings. The SMILES string of the molecule is Cc1c(Cl)cc2c(c1-c1cnn(C)c1N)OCCO2. The quantitative estimate of drug-likeness (QED) is 0.871. The summed E-state index contributed by atoms with van der Waals surface area (Å²) in [6.45, 7) is 2.97. The molecule has 1 aliphatic heterocycles. The lowest BCUT2D eigenvalue weighted by molar-refractivity contribution is 0.172. The van der Waals surface area contributed by atoms with Gasteiger partial charge in [-0.25, -0.2) is 0 Å². The average Bonchev–Trinajstić information content (AvgIpc) is 2.72. The predicted molar refractivity (Wildman–Crippen MR) is 73.8 cm³/mol. The van der Waals surface area contributed by atoms with Crippen LogP contribution in [0.25, 0.3) is 11.1 Å². The number of aromatic nitrogens is 2. The van der Waals surface area contributed by atoms with E-state index in [1.807, 2.05) is 6.92 Å². The lowest BCUT2D eigenvalue weighted by atomic mass is 10.0. The lowest BCUT2D eigenvalue weighted by Gasteiger charge is -2.23. The number of benzene rings is 1. The molecule has 0 saturated carbocycles. The number of rotatable bonds is 1. The predicted octanol–water partition coefficient (Wildman–Crippen LogP) is 2.40. The number of nitrogens with two attached hydrogens (primary N) is 1. The molecule has 100 valence electrons. The topological polar surface area (TPSA) is 62.3 Å². The van der Waals surface area contributed by atoms with Crippen molar-refractivity contribution in [2.45, 2.75) is 6.92 Å². The van der Waals surface area contributed by atoms with Gasteiger partial charge in [0.15, 0.2) is 11.5 Å². The van der Waals surface area contributed by atoms with Crippen molar-refractivity contribution in [2.75, 3.05) is 18.9 Å². The highest BCUT2D eigenvalue weighted by atomic mass is 35.5. The average molecular weight is 280 g/mol. The molecule has 2 aromatic rings. The van der Waals surface area contributed by atoms with Gasteiger partial charge < -0.3 is 15.2 Å². The third kappa shape index (κ3) is 1.81. The van der Waals surface area contributed by atoms with E-state index < -0.39 is 0 Å². The van der Waals surface area contributed by atoms with Crippen LogP contribution in [0, 0.1) is 6.92 Å². The Kier molecular flexibility index (Phi) is 2.78. The molecule has 0 radical (unpaired) electrons. The van der Waals surface area contributed by atoms with E-state index in [0.29, 0.717) is 35.6 Å². The fraction of sp³-hybridized carbons (Fsp3) is 0.308. The summed E-state index contributed by atoms with van der Waals surface area (Å²) in [7, 11) is 1.79. The Morgan fingerprint density at radius 1 is 1.37 bits per heavy atom. The Bertz CT molecular complexity index is 652. The van der Waals surface area contributed by atoms with E-state index in [4.69, 9.17) is 26.8 Å². The number of fused-ring (bicyclic) bond motifs is 1. The molecule has 5 nitrogen and oxygen atoms in total. The number of aryl methyl sites for hydroxylation is 1. The van der Waals surface area contributed by atoms with E-state index in [0.717, 1.165) is 16.7 Å². The number of nitrogens with zero attached hydrogens (tertiary/aromatic N) is 2. The first-order valence-electron chi connectivity index (χ1n) is 5.96. The molecule has 0 amide bonds. The van der Waals surface area contributed by atoms with Gasteiger partial charge in [-0.3, -0.25) is 4.68 Å². The number of anilines is 1. The summed E-state index contributed by atoms with van der Waals surface area (Å²) in [5.41, 5.74) is 8.62. The summed E-state index contributed by atoms with van der Waals surface area (Å²) in [5.74, 6) is 1.91. The summed E-state index contributed by atoms with van der Waals surface area (Å²) in [6.07, 6.45) is 1.71. The molecule has 19 heavy (non-hydrogen) atoms. The van der Waals surface area contributed by atoms with Gasteiger partial charge in [0.2, 0.25) is 0 Å². The zero-order valence-electron chi connectivity index (χ0n) is 10.7. The smallest absolute Gasteiger partial charge is 0.169 e. The van der Waals surface area contributed by atoms with Crippen molar-refractivity contribution >= 4 is 17.4 Å². The molecule has 1 aromatic heterocycles. The van der Waals surface area contributed by atoms with E-state index in [1.54, 1.807) is 24.0 Å². The zero-order valence-corrected chi connectivity index (χ0v) is 11.5. The van der Waals surface area contributed by atoms with E-state index >= 15 is 0 Å².